The zero-order chi connectivity index (χ0) is 9.86. The summed E-state index contributed by atoms with van der Waals surface area (Å²) in [7, 11) is 0. The number of hydrogen-bond acceptors (Lipinski definition) is 2. The first-order valence-corrected chi connectivity index (χ1v) is 6.28. The molecule has 0 bridgehead atoms. The lowest BCUT2D eigenvalue weighted by Crippen LogP contribution is -2.40. The Labute approximate surface area is 87.6 Å². The number of rotatable bonds is 2. The summed E-state index contributed by atoms with van der Waals surface area (Å²) in [5, 5.41) is 3.38. The van der Waals surface area contributed by atoms with Crippen LogP contribution in [0.4, 0.5) is 0 Å². The van der Waals surface area contributed by atoms with Gasteiger partial charge in [-0.15, -0.1) is 0 Å². The van der Waals surface area contributed by atoms with E-state index < -0.39 is 0 Å². The molecule has 2 aliphatic rings. The second-order valence-electron chi connectivity index (χ2n) is 5.24. The van der Waals surface area contributed by atoms with Crippen LogP contribution < -0.4 is 11.1 Å². The highest BCUT2D eigenvalue weighted by molar-refractivity contribution is 4.89. The third kappa shape index (κ3) is 2.29. The third-order valence-electron chi connectivity index (χ3n) is 4.37. The Balaban J connectivity index is 1.81. The van der Waals surface area contributed by atoms with Crippen molar-refractivity contribution in [2.75, 3.05) is 6.67 Å². The van der Waals surface area contributed by atoms with Crippen LogP contribution in [0.3, 0.4) is 0 Å². The van der Waals surface area contributed by atoms with E-state index in [1.54, 1.807) is 0 Å². The van der Waals surface area contributed by atoms with Gasteiger partial charge in [0.2, 0.25) is 0 Å². The zero-order valence-corrected chi connectivity index (χ0v) is 9.23. The molecule has 2 heteroatoms. The molecule has 82 valence electrons. The molecule has 0 saturated heterocycles. The topological polar surface area (TPSA) is 38.0 Å². The summed E-state index contributed by atoms with van der Waals surface area (Å²) in [5.41, 5.74) is 6.27. The van der Waals surface area contributed by atoms with Crippen molar-refractivity contribution < 1.29 is 0 Å². The van der Waals surface area contributed by atoms with Gasteiger partial charge in [-0.05, 0) is 43.9 Å². The van der Waals surface area contributed by atoms with Crippen molar-refractivity contribution in [3.8, 4) is 0 Å². The molecule has 2 saturated carbocycles. The van der Waals surface area contributed by atoms with Gasteiger partial charge in [0.25, 0.3) is 0 Å². The minimum Gasteiger partial charge on any atom is -0.318 e. The predicted octanol–water partition coefficient (Wildman–Crippen LogP) is 2.39. The Morgan fingerprint density at radius 2 is 1.64 bits per heavy atom. The first-order chi connectivity index (χ1) is 6.85. The predicted molar refractivity (Wildman–Crippen MR) is 60.0 cm³/mol. The Kier molecular flexibility index (Phi) is 3.45. The van der Waals surface area contributed by atoms with Gasteiger partial charge >= 0.3 is 0 Å². The number of nitrogens with two attached hydrogens (primary N) is 1. The molecule has 0 radical (unpaired) electrons. The molecule has 3 N–H and O–H groups in total. The highest BCUT2D eigenvalue weighted by Gasteiger charge is 2.35. The van der Waals surface area contributed by atoms with Crippen LogP contribution in [-0.4, -0.2) is 12.7 Å². The standard InChI is InChI=1S/C12H24N2/c13-10-14-11-4-8-12(9-5-11)6-2-1-3-7-12/h11,14H,1-10,13H2. The van der Waals surface area contributed by atoms with Crippen molar-refractivity contribution in [3.63, 3.8) is 0 Å². The normalized spacial score (nSPS) is 28.1. The molecule has 0 aromatic carbocycles. The van der Waals surface area contributed by atoms with E-state index in [2.05, 4.69) is 5.32 Å². The summed E-state index contributed by atoms with van der Waals surface area (Å²) in [4.78, 5) is 0. The fraction of sp³-hybridized carbons (Fsp3) is 1.00. The van der Waals surface area contributed by atoms with Crippen LogP contribution >= 0.6 is 0 Å². The maximum Gasteiger partial charge on any atom is 0.0430 e. The second-order valence-corrected chi connectivity index (χ2v) is 5.24. The zero-order valence-electron chi connectivity index (χ0n) is 9.23. The van der Waals surface area contributed by atoms with Crippen molar-refractivity contribution >= 4 is 0 Å². The van der Waals surface area contributed by atoms with Crippen LogP contribution in [0.5, 0.6) is 0 Å². The minimum absolute atomic E-state index is 0.650. The van der Waals surface area contributed by atoms with Gasteiger partial charge in [0, 0.05) is 12.7 Å². The van der Waals surface area contributed by atoms with Gasteiger partial charge in [-0.25, -0.2) is 0 Å². The van der Waals surface area contributed by atoms with Gasteiger partial charge in [0.05, 0.1) is 0 Å². The van der Waals surface area contributed by atoms with E-state index >= 15 is 0 Å². The monoisotopic (exact) mass is 196 g/mol. The van der Waals surface area contributed by atoms with Gasteiger partial charge in [0.1, 0.15) is 0 Å². The van der Waals surface area contributed by atoms with Crippen LogP contribution in [-0.2, 0) is 0 Å². The lowest BCUT2D eigenvalue weighted by Gasteiger charge is -2.43. The fourth-order valence-corrected chi connectivity index (χ4v) is 3.40. The molecule has 0 heterocycles. The average molecular weight is 196 g/mol. The first-order valence-electron chi connectivity index (χ1n) is 6.28. The summed E-state index contributed by atoms with van der Waals surface area (Å²) < 4.78 is 0. The molecular formula is C12H24N2. The van der Waals surface area contributed by atoms with Crippen LogP contribution in [0.25, 0.3) is 0 Å². The lowest BCUT2D eigenvalue weighted by molar-refractivity contribution is 0.107. The van der Waals surface area contributed by atoms with Gasteiger partial charge in [-0.1, -0.05) is 19.3 Å². The van der Waals surface area contributed by atoms with Crippen LogP contribution in [0.2, 0.25) is 0 Å². The average Bonchev–Trinajstić information content (AvgIpc) is 2.24. The minimum atomic E-state index is 0.650. The van der Waals surface area contributed by atoms with Crippen molar-refractivity contribution in [2.45, 2.75) is 63.8 Å². The second kappa shape index (κ2) is 4.63. The Hall–Kier alpha value is -0.0800. The Morgan fingerprint density at radius 3 is 2.21 bits per heavy atom. The molecule has 0 amide bonds. The van der Waals surface area contributed by atoms with Gasteiger partial charge in [-0.2, -0.15) is 0 Å². The van der Waals surface area contributed by atoms with Crippen LogP contribution in [0.15, 0.2) is 0 Å². The van der Waals surface area contributed by atoms with E-state index in [4.69, 9.17) is 5.73 Å². The summed E-state index contributed by atoms with van der Waals surface area (Å²) in [5.74, 6) is 0. The molecule has 2 aliphatic carbocycles. The van der Waals surface area contributed by atoms with Gasteiger partial charge < -0.3 is 11.1 Å². The number of hydrogen-bond donors (Lipinski definition) is 2. The van der Waals surface area contributed by atoms with Crippen LogP contribution in [0.1, 0.15) is 57.8 Å². The van der Waals surface area contributed by atoms with E-state index in [9.17, 15) is 0 Å². The van der Waals surface area contributed by atoms with Gasteiger partial charge in [0.15, 0.2) is 0 Å². The van der Waals surface area contributed by atoms with Crippen molar-refractivity contribution in [1.29, 1.82) is 0 Å². The van der Waals surface area contributed by atoms with Crippen molar-refractivity contribution in [3.05, 3.63) is 0 Å². The fourth-order valence-electron chi connectivity index (χ4n) is 3.40. The van der Waals surface area contributed by atoms with Crippen molar-refractivity contribution in [1.82, 2.24) is 5.32 Å². The molecule has 14 heavy (non-hydrogen) atoms. The Bertz CT molecular complexity index is 163. The maximum atomic E-state index is 5.52. The molecule has 0 unspecified atom stereocenters. The maximum absolute atomic E-state index is 5.52. The molecule has 0 aromatic rings. The third-order valence-corrected chi connectivity index (χ3v) is 4.37. The molecule has 2 fully saturated rings. The summed E-state index contributed by atoms with van der Waals surface area (Å²) in [6, 6.07) is 0.715. The molecule has 1 spiro atoms. The van der Waals surface area contributed by atoms with Crippen molar-refractivity contribution in [2.24, 2.45) is 11.1 Å². The molecule has 0 atom stereocenters. The lowest BCUT2D eigenvalue weighted by atomic mass is 9.64. The molecule has 0 aliphatic heterocycles. The summed E-state index contributed by atoms with van der Waals surface area (Å²) >= 11 is 0. The highest BCUT2D eigenvalue weighted by atomic mass is 15.0. The van der Waals surface area contributed by atoms with E-state index in [-0.39, 0.29) is 0 Å². The van der Waals surface area contributed by atoms with Gasteiger partial charge in [-0.3, -0.25) is 0 Å². The SMILES string of the molecule is NCNC1CCC2(CCCCC2)CC1. The summed E-state index contributed by atoms with van der Waals surface area (Å²) in [6.45, 7) is 0.650. The largest absolute Gasteiger partial charge is 0.318 e. The molecular weight excluding hydrogens is 172 g/mol. The molecule has 2 nitrogen and oxygen atoms in total. The van der Waals surface area contributed by atoms with E-state index in [1.807, 2.05) is 0 Å². The first kappa shape index (κ1) is 10.4. The highest BCUT2D eigenvalue weighted by Crippen LogP contribution is 2.47. The Morgan fingerprint density at radius 1 is 1.00 bits per heavy atom. The van der Waals surface area contributed by atoms with E-state index in [1.165, 1.54) is 57.8 Å². The quantitative estimate of drug-likeness (QED) is 0.665. The van der Waals surface area contributed by atoms with Crippen LogP contribution in [0, 0.1) is 5.41 Å². The smallest absolute Gasteiger partial charge is 0.0430 e. The molecule has 2 rings (SSSR count). The number of nitrogens with one attached hydrogen (secondary N) is 1. The van der Waals surface area contributed by atoms with E-state index in [0.29, 0.717) is 12.7 Å². The summed E-state index contributed by atoms with van der Waals surface area (Å²) in [6.07, 6.45) is 13.1. The molecule has 0 aromatic heterocycles. The van der Waals surface area contributed by atoms with E-state index in [0.717, 1.165) is 5.41 Å².